The zero-order valence-electron chi connectivity index (χ0n) is 9.64. The lowest BCUT2D eigenvalue weighted by Gasteiger charge is -2.09. The molecule has 0 N–H and O–H groups in total. The SMILES string of the molecule is Cc1cc(=O)n(Cc2cncc(Br)c2)c(C)n1. The lowest BCUT2D eigenvalue weighted by Crippen LogP contribution is -2.24. The maximum atomic E-state index is 11.8. The average Bonchev–Trinajstić information content (AvgIpc) is 2.23. The highest BCUT2D eigenvalue weighted by Crippen LogP contribution is 2.10. The molecule has 0 fully saturated rings. The molecule has 0 aliphatic rings. The molecule has 2 heterocycles. The van der Waals surface area contributed by atoms with Crippen LogP contribution < -0.4 is 5.56 Å². The van der Waals surface area contributed by atoms with Gasteiger partial charge in [-0.1, -0.05) is 0 Å². The van der Waals surface area contributed by atoms with Crippen molar-refractivity contribution in [3.05, 3.63) is 56.4 Å². The number of hydrogen-bond acceptors (Lipinski definition) is 3. The van der Waals surface area contributed by atoms with Crippen LogP contribution in [-0.2, 0) is 6.54 Å². The molecule has 2 rings (SSSR count). The van der Waals surface area contributed by atoms with Crippen LogP contribution >= 0.6 is 15.9 Å². The van der Waals surface area contributed by atoms with Crippen LogP contribution in [-0.4, -0.2) is 14.5 Å². The van der Waals surface area contributed by atoms with Gasteiger partial charge in [0.1, 0.15) is 5.82 Å². The van der Waals surface area contributed by atoms with E-state index in [2.05, 4.69) is 25.9 Å². The summed E-state index contributed by atoms with van der Waals surface area (Å²) in [5.41, 5.74) is 1.68. The maximum Gasteiger partial charge on any atom is 0.254 e. The van der Waals surface area contributed by atoms with E-state index in [0.717, 1.165) is 21.6 Å². The van der Waals surface area contributed by atoms with Crippen LogP contribution in [0.15, 0.2) is 33.8 Å². The van der Waals surface area contributed by atoms with Crippen molar-refractivity contribution in [3.8, 4) is 0 Å². The van der Waals surface area contributed by atoms with Gasteiger partial charge in [-0.25, -0.2) is 4.98 Å². The summed E-state index contributed by atoms with van der Waals surface area (Å²) < 4.78 is 2.54. The normalized spacial score (nSPS) is 10.5. The maximum absolute atomic E-state index is 11.8. The molecule has 0 aromatic carbocycles. The summed E-state index contributed by atoms with van der Waals surface area (Å²) in [4.78, 5) is 20.2. The Bertz CT molecular complexity index is 607. The highest BCUT2D eigenvalue weighted by molar-refractivity contribution is 9.10. The van der Waals surface area contributed by atoms with E-state index in [4.69, 9.17) is 0 Å². The Morgan fingerprint density at radius 3 is 2.71 bits per heavy atom. The van der Waals surface area contributed by atoms with Gasteiger partial charge in [0.25, 0.3) is 5.56 Å². The van der Waals surface area contributed by atoms with Gasteiger partial charge < -0.3 is 0 Å². The largest absolute Gasteiger partial charge is 0.292 e. The van der Waals surface area contributed by atoms with E-state index in [-0.39, 0.29) is 5.56 Å². The van der Waals surface area contributed by atoms with Crippen molar-refractivity contribution in [1.29, 1.82) is 0 Å². The van der Waals surface area contributed by atoms with E-state index in [1.54, 1.807) is 23.0 Å². The number of nitrogens with zero attached hydrogens (tertiary/aromatic N) is 3. The van der Waals surface area contributed by atoms with E-state index in [1.807, 2.05) is 19.9 Å². The van der Waals surface area contributed by atoms with Crippen LogP contribution in [0.2, 0.25) is 0 Å². The Kier molecular flexibility index (Phi) is 3.38. The number of aryl methyl sites for hydroxylation is 2. The van der Waals surface area contributed by atoms with Crippen molar-refractivity contribution >= 4 is 15.9 Å². The number of pyridine rings is 1. The molecular formula is C12H12BrN3O. The van der Waals surface area contributed by atoms with Crippen molar-refractivity contribution in [3.63, 3.8) is 0 Å². The molecule has 0 aliphatic carbocycles. The number of aromatic nitrogens is 3. The molecule has 0 unspecified atom stereocenters. The Hall–Kier alpha value is -1.49. The molecule has 0 saturated heterocycles. The van der Waals surface area contributed by atoms with E-state index < -0.39 is 0 Å². The monoisotopic (exact) mass is 293 g/mol. The second-order valence-electron chi connectivity index (χ2n) is 3.88. The molecule has 5 heteroatoms. The zero-order valence-corrected chi connectivity index (χ0v) is 11.2. The first-order valence-corrected chi connectivity index (χ1v) is 6.00. The van der Waals surface area contributed by atoms with E-state index in [1.165, 1.54) is 0 Å². The fraction of sp³-hybridized carbons (Fsp3) is 0.250. The first-order valence-electron chi connectivity index (χ1n) is 5.21. The van der Waals surface area contributed by atoms with Gasteiger partial charge in [0.15, 0.2) is 0 Å². The van der Waals surface area contributed by atoms with Crippen LogP contribution in [0.1, 0.15) is 17.1 Å². The minimum Gasteiger partial charge on any atom is -0.292 e. The molecule has 2 aromatic rings. The molecule has 0 spiro atoms. The molecule has 4 nitrogen and oxygen atoms in total. The van der Waals surface area contributed by atoms with Crippen molar-refractivity contribution in [2.75, 3.05) is 0 Å². The zero-order chi connectivity index (χ0) is 12.4. The van der Waals surface area contributed by atoms with E-state index >= 15 is 0 Å². The van der Waals surface area contributed by atoms with Gasteiger partial charge >= 0.3 is 0 Å². The lowest BCUT2D eigenvalue weighted by atomic mass is 10.3. The lowest BCUT2D eigenvalue weighted by molar-refractivity contribution is 0.692. The number of rotatable bonds is 2. The van der Waals surface area contributed by atoms with Crippen LogP contribution in [0.4, 0.5) is 0 Å². The Balaban J connectivity index is 2.40. The van der Waals surface area contributed by atoms with Crippen LogP contribution in [0, 0.1) is 13.8 Å². The van der Waals surface area contributed by atoms with Gasteiger partial charge in [0.2, 0.25) is 0 Å². The molecule has 0 bridgehead atoms. The van der Waals surface area contributed by atoms with Gasteiger partial charge in [-0.2, -0.15) is 0 Å². The van der Waals surface area contributed by atoms with Gasteiger partial charge in [-0.3, -0.25) is 14.3 Å². The molecule has 0 saturated carbocycles. The molecule has 0 aliphatic heterocycles. The molecule has 0 radical (unpaired) electrons. The van der Waals surface area contributed by atoms with Crippen LogP contribution in [0.5, 0.6) is 0 Å². The third kappa shape index (κ3) is 2.79. The molecule has 2 aromatic heterocycles. The molecule has 0 atom stereocenters. The van der Waals surface area contributed by atoms with Crippen LogP contribution in [0.25, 0.3) is 0 Å². The molecule has 88 valence electrons. The molecular weight excluding hydrogens is 282 g/mol. The Morgan fingerprint density at radius 1 is 1.29 bits per heavy atom. The van der Waals surface area contributed by atoms with Gasteiger partial charge in [0, 0.05) is 28.6 Å². The van der Waals surface area contributed by atoms with Crippen molar-refractivity contribution in [2.24, 2.45) is 0 Å². The molecule has 17 heavy (non-hydrogen) atoms. The summed E-state index contributed by atoms with van der Waals surface area (Å²) in [6.45, 7) is 4.14. The summed E-state index contributed by atoms with van der Waals surface area (Å²) in [5, 5.41) is 0. The Labute approximate surface area is 107 Å². The summed E-state index contributed by atoms with van der Waals surface area (Å²) in [5.74, 6) is 0.718. The average molecular weight is 294 g/mol. The number of hydrogen-bond donors (Lipinski definition) is 0. The van der Waals surface area contributed by atoms with Crippen LogP contribution in [0.3, 0.4) is 0 Å². The van der Waals surface area contributed by atoms with E-state index in [9.17, 15) is 4.79 Å². The molecule has 0 amide bonds. The highest BCUT2D eigenvalue weighted by atomic mass is 79.9. The second kappa shape index (κ2) is 4.79. The summed E-state index contributed by atoms with van der Waals surface area (Å²) in [6, 6.07) is 3.48. The summed E-state index contributed by atoms with van der Waals surface area (Å²) in [6.07, 6.45) is 3.46. The van der Waals surface area contributed by atoms with Gasteiger partial charge in [0.05, 0.1) is 6.54 Å². The van der Waals surface area contributed by atoms with E-state index in [0.29, 0.717) is 6.54 Å². The second-order valence-corrected chi connectivity index (χ2v) is 4.80. The standard InChI is InChI=1S/C12H12BrN3O/c1-8-3-12(17)16(9(2)15-8)7-10-4-11(13)6-14-5-10/h3-6H,7H2,1-2H3. The topological polar surface area (TPSA) is 47.8 Å². The summed E-state index contributed by atoms with van der Waals surface area (Å²) in [7, 11) is 0. The third-order valence-electron chi connectivity index (χ3n) is 2.43. The van der Waals surface area contributed by atoms with Crippen molar-refractivity contribution in [2.45, 2.75) is 20.4 Å². The summed E-state index contributed by atoms with van der Waals surface area (Å²) >= 11 is 3.36. The highest BCUT2D eigenvalue weighted by Gasteiger charge is 2.04. The first-order chi connectivity index (χ1) is 8.06. The third-order valence-corrected chi connectivity index (χ3v) is 2.86. The minimum absolute atomic E-state index is 0.0324. The quantitative estimate of drug-likeness (QED) is 0.852. The smallest absolute Gasteiger partial charge is 0.254 e. The fourth-order valence-corrected chi connectivity index (χ4v) is 2.09. The first kappa shape index (κ1) is 12.0. The Morgan fingerprint density at radius 2 is 2.06 bits per heavy atom. The van der Waals surface area contributed by atoms with Crippen molar-refractivity contribution in [1.82, 2.24) is 14.5 Å². The fourth-order valence-electron chi connectivity index (χ4n) is 1.68. The van der Waals surface area contributed by atoms with Crippen molar-refractivity contribution < 1.29 is 0 Å². The van der Waals surface area contributed by atoms with Gasteiger partial charge in [-0.15, -0.1) is 0 Å². The van der Waals surface area contributed by atoms with Gasteiger partial charge in [-0.05, 0) is 41.4 Å². The predicted octanol–water partition coefficient (Wildman–Crippen LogP) is 2.07. The number of halogens is 1. The minimum atomic E-state index is -0.0324. The predicted molar refractivity (Wildman–Crippen MR) is 69.0 cm³/mol.